The van der Waals surface area contributed by atoms with E-state index in [4.69, 9.17) is 9.47 Å². The number of nitro groups is 1. The lowest BCUT2D eigenvalue weighted by molar-refractivity contribution is -0.384. The van der Waals surface area contributed by atoms with E-state index < -0.39 is 10.8 Å². The van der Waals surface area contributed by atoms with Crippen molar-refractivity contribution in [3.05, 3.63) is 57.6 Å². The van der Waals surface area contributed by atoms with Gasteiger partial charge in [0.1, 0.15) is 5.69 Å². The first-order valence-electron chi connectivity index (χ1n) is 7.99. The summed E-state index contributed by atoms with van der Waals surface area (Å²) in [5.41, 5.74) is 1.23. The number of nitrogens with one attached hydrogen (secondary N) is 1. The van der Waals surface area contributed by atoms with Crippen LogP contribution in [0, 0.1) is 10.1 Å². The summed E-state index contributed by atoms with van der Waals surface area (Å²) < 4.78 is 10.2. The van der Waals surface area contributed by atoms with Crippen molar-refractivity contribution in [3.8, 4) is 11.5 Å². The minimum Gasteiger partial charge on any atom is -0.493 e. The second kappa shape index (κ2) is 7.43. The Kier molecular flexibility index (Phi) is 5.50. The summed E-state index contributed by atoms with van der Waals surface area (Å²) in [6.45, 7) is 6.24. The average molecular weight is 358 g/mol. The van der Waals surface area contributed by atoms with Crippen LogP contribution in [0.15, 0.2) is 36.4 Å². The van der Waals surface area contributed by atoms with Crippen LogP contribution in [0.4, 0.5) is 11.4 Å². The van der Waals surface area contributed by atoms with Crippen LogP contribution in [0.3, 0.4) is 0 Å². The fourth-order valence-corrected chi connectivity index (χ4v) is 2.44. The number of anilines is 1. The number of hydrogen-bond acceptors (Lipinski definition) is 5. The van der Waals surface area contributed by atoms with Crippen molar-refractivity contribution in [1.82, 2.24) is 0 Å². The molecular weight excluding hydrogens is 336 g/mol. The van der Waals surface area contributed by atoms with Gasteiger partial charge in [-0.15, -0.1) is 0 Å². The lowest BCUT2D eigenvalue weighted by Crippen LogP contribution is -2.15. The van der Waals surface area contributed by atoms with Gasteiger partial charge in [0.05, 0.1) is 25.2 Å². The van der Waals surface area contributed by atoms with Crippen molar-refractivity contribution < 1.29 is 19.2 Å². The summed E-state index contributed by atoms with van der Waals surface area (Å²) in [6, 6.07) is 9.73. The molecule has 0 fully saturated rings. The molecule has 0 saturated carbocycles. The van der Waals surface area contributed by atoms with Crippen molar-refractivity contribution in [2.45, 2.75) is 26.2 Å². The maximum absolute atomic E-state index is 12.5. The zero-order chi connectivity index (χ0) is 19.5. The number of nitro benzene ring substituents is 1. The predicted octanol–water partition coefficient (Wildman–Crippen LogP) is 4.16. The van der Waals surface area contributed by atoms with Crippen LogP contribution >= 0.6 is 0 Å². The number of carbonyl (C=O) groups is 1. The Morgan fingerprint density at radius 2 is 1.58 bits per heavy atom. The van der Waals surface area contributed by atoms with E-state index >= 15 is 0 Å². The molecule has 7 nitrogen and oxygen atoms in total. The van der Waals surface area contributed by atoms with Crippen LogP contribution in [0.2, 0.25) is 0 Å². The molecule has 7 heteroatoms. The minimum atomic E-state index is -0.583. The monoisotopic (exact) mass is 358 g/mol. The van der Waals surface area contributed by atoms with E-state index in [2.05, 4.69) is 26.1 Å². The van der Waals surface area contributed by atoms with E-state index in [1.807, 2.05) is 12.1 Å². The number of benzene rings is 2. The van der Waals surface area contributed by atoms with Crippen LogP contribution in [0.1, 0.15) is 36.7 Å². The highest BCUT2D eigenvalue weighted by Gasteiger charge is 2.22. The van der Waals surface area contributed by atoms with E-state index in [0.29, 0.717) is 5.56 Å². The van der Waals surface area contributed by atoms with E-state index in [0.717, 1.165) is 5.56 Å². The molecule has 0 heterocycles. The van der Waals surface area contributed by atoms with Crippen LogP contribution in [0.25, 0.3) is 0 Å². The number of carbonyl (C=O) groups excluding carboxylic acids is 1. The van der Waals surface area contributed by atoms with Crippen LogP contribution in [-0.4, -0.2) is 25.1 Å². The zero-order valence-corrected chi connectivity index (χ0v) is 15.5. The van der Waals surface area contributed by atoms with Crippen molar-refractivity contribution in [2.24, 2.45) is 0 Å². The fraction of sp³-hybridized carbons (Fsp3) is 0.316. The molecule has 1 N–H and O–H groups in total. The van der Waals surface area contributed by atoms with Gasteiger partial charge in [-0.05, 0) is 23.1 Å². The molecule has 138 valence electrons. The Labute approximate surface area is 152 Å². The molecule has 0 unspecified atom stereocenters. The third-order valence-electron chi connectivity index (χ3n) is 3.96. The number of hydrogen-bond donors (Lipinski definition) is 1. The third-order valence-corrected chi connectivity index (χ3v) is 3.96. The smallest absolute Gasteiger partial charge is 0.296 e. The molecule has 0 spiro atoms. The average Bonchev–Trinajstić information content (AvgIpc) is 2.60. The summed E-state index contributed by atoms with van der Waals surface area (Å²) in [7, 11) is 2.80. The highest BCUT2D eigenvalue weighted by atomic mass is 16.6. The molecule has 0 radical (unpaired) electrons. The standard InChI is InChI=1S/C19H22N2O5/c1-19(2,3)13-8-6-12(7-9-13)18(22)20-14-10-16(25-4)17(26-5)11-15(14)21(23)24/h6-11H,1-5H3,(H,20,22). The Hall–Kier alpha value is -3.09. The number of methoxy groups -OCH3 is 2. The van der Waals surface area contributed by atoms with Gasteiger partial charge in [-0.25, -0.2) is 0 Å². The quantitative estimate of drug-likeness (QED) is 0.640. The van der Waals surface area contributed by atoms with Crippen LogP contribution in [-0.2, 0) is 5.41 Å². The number of nitrogens with zero attached hydrogens (tertiary/aromatic N) is 1. The van der Waals surface area contributed by atoms with Gasteiger partial charge in [-0.3, -0.25) is 14.9 Å². The van der Waals surface area contributed by atoms with Gasteiger partial charge >= 0.3 is 0 Å². The van der Waals surface area contributed by atoms with E-state index in [-0.39, 0.29) is 28.3 Å². The molecule has 0 bridgehead atoms. The summed E-state index contributed by atoms with van der Waals surface area (Å²) >= 11 is 0. The maximum Gasteiger partial charge on any atom is 0.296 e. The summed E-state index contributed by atoms with van der Waals surface area (Å²) in [5.74, 6) is 0.0592. The Morgan fingerprint density at radius 3 is 2.04 bits per heavy atom. The summed E-state index contributed by atoms with van der Waals surface area (Å²) in [4.78, 5) is 23.2. The van der Waals surface area contributed by atoms with E-state index in [9.17, 15) is 14.9 Å². The normalized spacial score (nSPS) is 11.0. The van der Waals surface area contributed by atoms with Crippen molar-refractivity contribution >= 4 is 17.3 Å². The lowest BCUT2D eigenvalue weighted by Gasteiger charge is -2.19. The molecule has 0 aliphatic rings. The number of amides is 1. The highest BCUT2D eigenvalue weighted by molar-refractivity contribution is 6.05. The zero-order valence-electron chi connectivity index (χ0n) is 15.5. The van der Waals surface area contributed by atoms with Crippen molar-refractivity contribution in [1.29, 1.82) is 0 Å². The van der Waals surface area contributed by atoms with Crippen LogP contribution in [0.5, 0.6) is 11.5 Å². The van der Waals surface area contributed by atoms with Gasteiger partial charge in [0.15, 0.2) is 11.5 Å². The van der Waals surface area contributed by atoms with Gasteiger partial charge in [0.2, 0.25) is 0 Å². The van der Waals surface area contributed by atoms with Crippen LogP contribution < -0.4 is 14.8 Å². The number of rotatable bonds is 5. The first kappa shape index (κ1) is 19.2. The fourth-order valence-electron chi connectivity index (χ4n) is 2.44. The molecule has 1 amide bonds. The molecule has 26 heavy (non-hydrogen) atoms. The van der Waals surface area contributed by atoms with Gasteiger partial charge in [0, 0.05) is 11.6 Å². The molecule has 0 aliphatic carbocycles. The number of ether oxygens (including phenoxy) is 2. The van der Waals surface area contributed by atoms with E-state index in [1.165, 1.54) is 26.4 Å². The highest BCUT2D eigenvalue weighted by Crippen LogP contribution is 2.37. The molecule has 2 aromatic carbocycles. The van der Waals surface area contributed by atoms with Crippen molar-refractivity contribution in [3.63, 3.8) is 0 Å². The Bertz CT molecular complexity index is 823. The summed E-state index contributed by atoms with van der Waals surface area (Å²) in [6.07, 6.45) is 0. The molecule has 2 aromatic rings. The van der Waals surface area contributed by atoms with Gasteiger partial charge in [-0.1, -0.05) is 32.9 Å². The first-order valence-corrected chi connectivity index (χ1v) is 7.99. The Morgan fingerprint density at radius 1 is 1.04 bits per heavy atom. The molecule has 0 atom stereocenters. The third kappa shape index (κ3) is 4.11. The van der Waals surface area contributed by atoms with Gasteiger partial charge in [-0.2, -0.15) is 0 Å². The van der Waals surface area contributed by atoms with E-state index in [1.54, 1.807) is 12.1 Å². The second-order valence-electron chi connectivity index (χ2n) is 6.76. The predicted molar refractivity (Wildman–Crippen MR) is 99.3 cm³/mol. The maximum atomic E-state index is 12.5. The van der Waals surface area contributed by atoms with Crippen molar-refractivity contribution in [2.75, 3.05) is 19.5 Å². The molecule has 2 rings (SSSR count). The lowest BCUT2D eigenvalue weighted by atomic mass is 9.87. The Balaban J connectivity index is 2.34. The second-order valence-corrected chi connectivity index (χ2v) is 6.76. The molecule has 0 aromatic heterocycles. The topological polar surface area (TPSA) is 90.7 Å². The SMILES string of the molecule is COc1cc(NC(=O)c2ccc(C(C)(C)C)cc2)c([N+](=O)[O-])cc1OC. The molecular formula is C19H22N2O5. The summed E-state index contributed by atoms with van der Waals surface area (Å²) in [5, 5.41) is 13.9. The minimum absolute atomic E-state index is 0.0306. The first-order chi connectivity index (χ1) is 12.2. The largest absolute Gasteiger partial charge is 0.493 e. The molecule has 0 saturated heterocycles. The van der Waals surface area contributed by atoms with Gasteiger partial charge in [0.25, 0.3) is 11.6 Å². The van der Waals surface area contributed by atoms with Gasteiger partial charge < -0.3 is 14.8 Å². The molecule has 0 aliphatic heterocycles.